The maximum atomic E-state index is 11.9. The summed E-state index contributed by atoms with van der Waals surface area (Å²) in [7, 11) is 0. The Bertz CT molecular complexity index is 462. The van der Waals surface area contributed by atoms with E-state index >= 15 is 0 Å². The van der Waals surface area contributed by atoms with Gasteiger partial charge < -0.3 is 15.0 Å². The molecule has 2 rings (SSSR count). The van der Waals surface area contributed by atoms with Crippen LogP contribution in [0.15, 0.2) is 18.2 Å². The number of amides is 1. The van der Waals surface area contributed by atoms with E-state index in [1.807, 2.05) is 4.90 Å². The predicted molar refractivity (Wildman–Crippen MR) is 80.6 cm³/mol. The lowest BCUT2D eigenvalue weighted by Crippen LogP contribution is -2.46. The zero-order chi connectivity index (χ0) is 14.4. The van der Waals surface area contributed by atoms with Crippen LogP contribution in [0.3, 0.4) is 0 Å². The average molecular weight is 317 g/mol. The fourth-order valence-corrected chi connectivity index (χ4v) is 2.53. The Morgan fingerprint density at radius 3 is 2.75 bits per heavy atom. The first-order chi connectivity index (χ1) is 9.66. The van der Waals surface area contributed by atoms with Crippen molar-refractivity contribution in [1.29, 1.82) is 0 Å². The highest BCUT2D eigenvalue weighted by atomic mass is 35.5. The zero-order valence-electron chi connectivity index (χ0n) is 11.2. The molecule has 1 fully saturated rings. The molecule has 6 heteroatoms. The van der Waals surface area contributed by atoms with Gasteiger partial charge in [0.1, 0.15) is 5.75 Å². The molecule has 0 aromatic heterocycles. The smallest absolute Gasteiger partial charge is 0.222 e. The Kier molecular flexibility index (Phi) is 5.95. The number of rotatable bonds is 5. The maximum Gasteiger partial charge on any atom is 0.222 e. The van der Waals surface area contributed by atoms with Crippen molar-refractivity contribution >= 4 is 29.1 Å². The molecule has 20 heavy (non-hydrogen) atoms. The van der Waals surface area contributed by atoms with Crippen LogP contribution in [-0.4, -0.2) is 43.6 Å². The van der Waals surface area contributed by atoms with E-state index < -0.39 is 0 Å². The number of nitrogens with one attached hydrogen (secondary N) is 1. The highest BCUT2D eigenvalue weighted by molar-refractivity contribution is 6.35. The quantitative estimate of drug-likeness (QED) is 0.849. The summed E-state index contributed by atoms with van der Waals surface area (Å²) < 4.78 is 5.56. The van der Waals surface area contributed by atoms with Gasteiger partial charge in [-0.2, -0.15) is 0 Å². The number of halogens is 2. The van der Waals surface area contributed by atoms with Crippen LogP contribution in [0.25, 0.3) is 0 Å². The standard InChI is InChI=1S/C14H18Cl2N2O2/c15-11-3-4-13(12(16)10-11)20-9-1-2-14(19)18-7-5-17-6-8-18/h3-4,10,17H,1-2,5-9H2. The monoisotopic (exact) mass is 316 g/mol. The van der Waals surface area contributed by atoms with Crippen molar-refractivity contribution in [2.75, 3.05) is 32.8 Å². The molecule has 0 aliphatic carbocycles. The van der Waals surface area contributed by atoms with Gasteiger partial charge in [0.05, 0.1) is 11.6 Å². The summed E-state index contributed by atoms with van der Waals surface area (Å²) >= 11 is 11.8. The van der Waals surface area contributed by atoms with Gasteiger partial charge in [-0.1, -0.05) is 23.2 Å². The van der Waals surface area contributed by atoms with Gasteiger partial charge in [0.2, 0.25) is 5.91 Å². The van der Waals surface area contributed by atoms with Crippen LogP contribution >= 0.6 is 23.2 Å². The number of carbonyl (C=O) groups is 1. The first-order valence-electron chi connectivity index (χ1n) is 6.73. The molecular formula is C14H18Cl2N2O2. The third-order valence-corrected chi connectivity index (χ3v) is 3.69. The molecule has 0 atom stereocenters. The van der Waals surface area contributed by atoms with Crippen LogP contribution in [0.5, 0.6) is 5.75 Å². The fourth-order valence-electron chi connectivity index (χ4n) is 2.07. The van der Waals surface area contributed by atoms with Crippen molar-refractivity contribution in [2.45, 2.75) is 12.8 Å². The third-order valence-electron chi connectivity index (χ3n) is 3.16. The summed E-state index contributed by atoms with van der Waals surface area (Å²) in [6.07, 6.45) is 1.19. The van der Waals surface area contributed by atoms with Crippen molar-refractivity contribution < 1.29 is 9.53 Å². The molecule has 0 unspecified atom stereocenters. The van der Waals surface area contributed by atoms with Crippen LogP contribution < -0.4 is 10.1 Å². The lowest BCUT2D eigenvalue weighted by Gasteiger charge is -2.27. The van der Waals surface area contributed by atoms with Gasteiger partial charge in [-0.15, -0.1) is 0 Å². The molecular weight excluding hydrogens is 299 g/mol. The van der Waals surface area contributed by atoms with E-state index in [-0.39, 0.29) is 5.91 Å². The number of hydrogen-bond donors (Lipinski definition) is 1. The second-order valence-electron chi connectivity index (χ2n) is 4.66. The van der Waals surface area contributed by atoms with Crippen molar-refractivity contribution in [3.63, 3.8) is 0 Å². The minimum Gasteiger partial charge on any atom is -0.492 e. The molecule has 1 N–H and O–H groups in total. The fraction of sp³-hybridized carbons (Fsp3) is 0.500. The molecule has 1 aliphatic rings. The molecule has 110 valence electrons. The highest BCUT2D eigenvalue weighted by Crippen LogP contribution is 2.27. The molecule has 1 heterocycles. The summed E-state index contributed by atoms with van der Waals surface area (Å²) in [4.78, 5) is 13.8. The zero-order valence-corrected chi connectivity index (χ0v) is 12.7. The van der Waals surface area contributed by atoms with Gasteiger partial charge in [0.25, 0.3) is 0 Å². The Balaban J connectivity index is 1.69. The number of hydrogen-bond acceptors (Lipinski definition) is 3. The molecule has 1 saturated heterocycles. The summed E-state index contributed by atoms with van der Waals surface area (Å²) in [5, 5.41) is 4.30. The summed E-state index contributed by atoms with van der Waals surface area (Å²) in [5.74, 6) is 0.794. The minimum absolute atomic E-state index is 0.192. The normalized spacial score (nSPS) is 15.2. The van der Waals surface area contributed by atoms with Gasteiger partial charge in [0.15, 0.2) is 0 Å². The maximum absolute atomic E-state index is 11.9. The summed E-state index contributed by atoms with van der Waals surface area (Å²) in [5.41, 5.74) is 0. The summed E-state index contributed by atoms with van der Waals surface area (Å²) in [6, 6.07) is 5.11. The van der Waals surface area contributed by atoms with Gasteiger partial charge in [0, 0.05) is 37.6 Å². The molecule has 0 saturated carbocycles. The van der Waals surface area contributed by atoms with E-state index in [0.29, 0.717) is 35.2 Å². The first kappa shape index (κ1) is 15.4. The molecule has 1 amide bonds. The Labute approximate surface area is 129 Å². The van der Waals surface area contributed by atoms with Crippen molar-refractivity contribution in [1.82, 2.24) is 10.2 Å². The number of carbonyl (C=O) groups excluding carboxylic acids is 1. The molecule has 1 aromatic rings. The molecule has 4 nitrogen and oxygen atoms in total. The Hall–Kier alpha value is -0.970. The molecule has 1 aliphatic heterocycles. The highest BCUT2D eigenvalue weighted by Gasteiger charge is 2.15. The lowest BCUT2D eigenvalue weighted by atomic mass is 10.2. The largest absolute Gasteiger partial charge is 0.492 e. The lowest BCUT2D eigenvalue weighted by molar-refractivity contribution is -0.132. The SMILES string of the molecule is O=C(CCCOc1ccc(Cl)cc1Cl)N1CCNCC1. The van der Waals surface area contributed by atoms with Crippen molar-refractivity contribution in [3.05, 3.63) is 28.2 Å². The second-order valence-corrected chi connectivity index (χ2v) is 5.50. The second kappa shape index (κ2) is 7.72. The van der Waals surface area contributed by atoms with E-state index in [0.717, 1.165) is 26.2 Å². The van der Waals surface area contributed by atoms with Gasteiger partial charge in [-0.3, -0.25) is 4.79 Å². The molecule has 1 aromatic carbocycles. The van der Waals surface area contributed by atoms with E-state index in [2.05, 4.69) is 5.32 Å². The number of nitrogens with zero attached hydrogens (tertiary/aromatic N) is 1. The number of benzene rings is 1. The van der Waals surface area contributed by atoms with Crippen LogP contribution in [0.4, 0.5) is 0 Å². The van der Waals surface area contributed by atoms with E-state index in [4.69, 9.17) is 27.9 Å². The van der Waals surface area contributed by atoms with Gasteiger partial charge in [-0.05, 0) is 24.6 Å². The van der Waals surface area contributed by atoms with Crippen LogP contribution in [0.2, 0.25) is 10.0 Å². The topological polar surface area (TPSA) is 41.6 Å². The number of ether oxygens (including phenoxy) is 1. The minimum atomic E-state index is 0.192. The molecule has 0 bridgehead atoms. The first-order valence-corrected chi connectivity index (χ1v) is 7.49. The van der Waals surface area contributed by atoms with E-state index in [1.165, 1.54) is 0 Å². The third kappa shape index (κ3) is 4.54. The summed E-state index contributed by atoms with van der Waals surface area (Å²) in [6.45, 7) is 3.82. The molecule has 0 radical (unpaired) electrons. The molecule has 0 spiro atoms. The van der Waals surface area contributed by atoms with Gasteiger partial charge in [-0.25, -0.2) is 0 Å². The van der Waals surface area contributed by atoms with E-state index in [1.54, 1.807) is 18.2 Å². The van der Waals surface area contributed by atoms with E-state index in [9.17, 15) is 4.79 Å². The number of piperazine rings is 1. The predicted octanol–water partition coefficient (Wildman–Crippen LogP) is 2.58. The Morgan fingerprint density at radius 1 is 1.30 bits per heavy atom. The van der Waals surface area contributed by atoms with Crippen molar-refractivity contribution in [3.8, 4) is 5.75 Å². The van der Waals surface area contributed by atoms with Crippen LogP contribution in [0.1, 0.15) is 12.8 Å². The Morgan fingerprint density at radius 2 is 2.05 bits per heavy atom. The van der Waals surface area contributed by atoms with Gasteiger partial charge >= 0.3 is 0 Å². The van der Waals surface area contributed by atoms with Crippen LogP contribution in [0, 0.1) is 0 Å². The van der Waals surface area contributed by atoms with Crippen LogP contribution in [-0.2, 0) is 4.79 Å². The van der Waals surface area contributed by atoms with Crippen molar-refractivity contribution in [2.24, 2.45) is 0 Å². The average Bonchev–Trinajstić information content (AvgIpc) is 2.46.